The minimum atomic E-state index is -0.0919. The van der Waals surface area contributed by atoms with Gasteiger partial charge in [-0.3, -0.25) is 0 Å². The number of amides is 2. The molecule has 0 aromatic rings. The summed E-state index contributed by atoms with van der Waals surface area (Å²) in [4.78, 5) is 13.8. The summed E-state index contributed by atoms with van der Waals surface area (Å²) >= 11 is 0. The van der Waals surface area contributed by atoms with Crippen LogP contribution in [0, 0.1) is 0 Å². The fraction of sp³-hybridized carbons (Fsp3) is 0.929. The highest BCUT2D eigenvalue weighted by molar-refractivity contribution is 5.73. The Morgan fingerprint density at radius 1 is 1.32 bits per heavy atom. The maximum atomic E-state index is 11.7. The number of rotatable bonds is 6. The molecule has 1 aliphatic heterocycles. The van der Waals surface area contributed by atoms with Gasteiger partial charge in [-0.2, -0.15) is 0 Å². The average Bonchev–Trinajstić information content (AvgIpc) is 2.37. The van der Waals surface area contributed by atoms with Crippen molar-refractivity contribution in [2.75, 3.05) is 33.8 Å². The van der Waals surface area contributed by atoms with E-state index in [0.29, 0.717) is 19.2 Å². The second kappa shape index (κ2) is 7.70. The van der Waals surface area contributed by atoms with Crippen LogP contribution in [0.1, 0.15) is 39.5 Å². The number of hydrogen-bond donors (Lipinski definition) is 2. The third-order valence-electron chi connectivity index (χ3n) is 3.92. The Morgan fingerprint density at radius 2 is 2.05 bits per heavy atom. The summed E-state index contributed by atoms with van der Waals surface area (Å²) in [5.74, 6) is 0. The third-order valence-corrected chi connectivity index (χ3v) is 3.92. The van der Waals surface area contributed by atoms with Gasteiger partial charge < -0.3 is 20.3 Å². The highest BCUT2D eigenvalue weighted by Crippen LogP contribution is 2.14. The maximum Gasteiger partial charge on any atom is 0.314 e. The zero-order valence-corrected chi connectivity index (χ0v) is 12.8. The molecule has 0 aliphatic carbocycles. The van der Waals surface area contributed by atoms with Gasteiger partial charge in [0.2, 0.25) is 0 Å². The molecule has 0 radical (unpaired) electrons. The molecule has 1 heterocycles. The lowest BCUT2D eigenvalue weighted by molar-refractivity contribution is 0.0120. The summed E-state index contributed by atoms with van der Waals surface area (Å²) in [6, 6.07) is -0.0919. The first-order chi connectivity index (χ1) is 8.92. The van der Waals surface area contributed by atoms with Gasteiger partial charge in [0.05, 0.1) is 6.10 Å². The van der Waals surface area contributed by atoms with Crippen molar-refractivity contribution in [3.63, 3.8) is 0 Å². The fourth-order valence-electron chi connectivity index (χ4n) is 1.90. The molecule has 0 aromatic heterocycles. The van der Waals surface area contributed by atoms with Crippen LogP contribution in [0.15, 0.2) is 0 Å². The van der Waals surface area contributed by atoms with Gasteiger partial charge >= 0.3 is 6.03 Å². The molecule has 19 heavy (non-hydrogen) atoms. The van der Waals surface area contributed by atoms with Gasteiger partial charge in [0.15, 0.2) is 0 Å². The number of ether oxygens (including phenoxy) is 1. The molecule has 0 bridgehead atoms. The molecule has 1 fully saturated rings. The number of likely N-dealkylation sites (N-methyl/N-ethyl adjacent to an activating group) is 1. The van der Waals surface area contributed by atoms with Gasteiger partial charge in [-0.15, -0.1) is 0 Å². The quantitative estimate of drug-likeness (QED) is 0.771. The minimum absolute atomic E-state index is 0.0379. The van der Waals surface area contributed by atoms with Crippen LogP contribution in [-0.2, 0) is 4.74 Å². The zero-order valence-electron chi connectivity index (χ0n) is 12.8. The van der Waals surface area contributed by atoms with Crippen molar-refractivity contribution in [3.05, 3.63) is 0 Å². The standard InChI is InChI=1S/C14H29N3O2/c1-14(2,17(3)4)11-16-13(18)15-9-8-12-7-5-6-10-19-12/h12H,5-11H2,1-4H3,(H2,15,16,18)/t12-/m1/s1. The largest absolute Gasteiger partial charge is 0.378 e. The highest BCUT2D eigenvalue weighted by Gasteiger charge is 2.21. The summed E-state index contributed by atoms with van der Waals surface area (Å²) in [6.07, 6.45) is 4.77. The molecule has 1 aliphatic rings. The molecule has 0 saturated carbocycles. The van der Waals surface area contributed by atoms with E-state index in [2.05, 4.69) is 29.4 Å². The Bertz CT molecular complexity index is 274. The Labute approximate surface area is 117 Å². The van der Waals surface area contributed by atoms with E-state index in [-0.39, 0.29) is 11.6 Å². The highest BCUT2D eigenvalue weighted by atomic mass is 16.5. The van der Waals surface area contributed by atoms with Gasteiger partial charge in [-0.1, -0.05) is 0 Å². The van der Waals surface area contributed by atoms with Crippen LogP contribution in [0.25, 0.3) is 0 Å². The van der Waals surface area contributed by atoms with Gasteiger partial charge in [-0.25, -0.2) is 4.79 Å². The summed E-state index contributed by atoms with van der Waals surface area (Å²) < 4.78 is 5.63. The Balaban J connectivity index is 2.10. The number of nitrogens with one attached hydrogen (secondary N) is 2. The van der Waals surface area contributed by atoms with Crippen LogP contribution in [0.3, 0.4) is 0 Å². The van der Waals surface area contributed by atoms with Gasteiger partial charge in [0, 0.05) is 25.2 Å². The molecule has 5 nitrogen and oxygen atoms in total. The van der Waals surface area contributed by atoms with Crippen LogP contribution >= 0.6 is 0 Å². The number of carbonyl (C=O) groups excluding carboxylic acids is 1. The lowest BCUT2D eigenvalue weighted by Crippen LogP contribution is -2.50. The van der Waals surface area contributed by atoms with E-state index in [9.17, 15) is 4.79 Å². The zero-order chi connectivity index (χ0) is 14.3. The van der Waals surface area contributed by atoms with Crippen molar-refractivity contribution in [1.82, 2.24) is 15.5 Å². The van der Waals surface area contributed by atoms with E-state index >= 15 is 0 Å². The molecule has 1 atom stereocenters. The number of hydrogen-bond acceptors (Lipinski definition) is 3. The van der Waals surface area contributed by atoms with E-state index in [4.69, 9.17) is 4.74 Å². The summed E-state index contributed by atoms with van der Waals surface area (Å²) in [5, 5.41) is 5.80. The van der Waals surface area contributed by atoms with Crippen LogP contribution in [0.2, 0.25) is 0 Å². The number of nitrogens with zero attached hydrogens (tertiary/aromatic N) is 1. The van der Waals surface area contributed by atoms with Crippen LogP contribution in [0.5, 0.6) is 0 Å². The molecule has 1 saturated heterocycles. The molecule has 0 aromatic carbocycles. The van der Waals surface area contributed by atoms with E-state index in [1.807, 2.05) is 14.1 Å². The fourth-order valence-corrected chi connectivity index (χ4v) is 1.90. The molecule has 0 spiro atoms. The number of urea groups is 1. The summed E-state index contributed by atoms with van der Waals surface area (Å²) in [5.41, 5.74) is -0.0379. The molecule has 1 rings (SSSR count). The van der Waals surface area contributed by atoms with E-state index in [1.54, 1.807) is 0 Å². The van der Waals surface area contributed by atoms with Gasteiger partial charge in [-0.05, 0) is 53.6 Å². The van der Waals surface area contributed by atoms with Crippen LogP contribution in [0.4, 0.5) is 4.79 Å². The first-order valence-electron chi connectivity index (χ1n) is 7.22. The van der Waals surface area contributed by atoms with Crippen LogP contribution < -0.4 is 10.6 Å². The molecule has 2 amide bonds. The average molecular weight is 271 g/mol. The smallest absolute Gasteiger partial charge is 0.314 e. The van der Waals surface area contributed by atoms with Crippen molar-refractivity contribution in [1.29, 1.82) is 0 Å². The predicted octanol–water partition coefficient (Wildman–Crippen LogP) is 1.58. The second-order valence-corrected chi connectivity index (χ2v) is 6.09. The van der Waals surface area contributed by atoms with E-state index in [1.165, 1.54) is 12.8 Å². The van der Waals surface area contributed by atoms with Gasteiger partial charge in [0.25, 0.3) is 0 Å². The Hall–Kier alpha value is -0.810. The third kappa shape index (κ3) is 6.25. The Morgan fingerprint density at radius 3 is 2.63 bits per heavy atom. The lowest BCUT2D eigenvalue weighted by Gasteiger charge is -2.32. The Kier molecular flexibility index (Phi) is 6.58. The molecule has 5 heteroatoms. The minimum Gasteiger partial charge on any atom is -0.378 e. The normalized spacial score (nSPS) is 20.4. The van der Waals surface area contributed by atoms with Crippen molar-refractivity contribution >= 4 is 6.03 Å². The summed E-state index contributed by atoms with van der Waals surface area (Å²) in [7, 11) is 4.03. The first-order valence-corrected chi connectivity index (χ1v) is 7.22. The SMILES string of the molecule is CN(C)C(C)(C)CNC(=O)NCC[C@H]1CCCCO1. The summed E-state index contributed by atoms with van der Waals surface area (Å²) in [6.45, 7) is 6.38. The topological polar surface area (TPSA) is 53.6 Å². The number of carbonyl (C=O) groups is 1. The van der Waals surface area contributed by atoms with E-state index in [0.717, 1.165) is 19.4 Å². The molecule has 2 N–H and O–H groups in total. The van der Waals surface area contributed by atoms with Crippen molar-refractivity contribution in [2.45, 2.75) is 51.2 Å². The van der Waals surface area contributed by atoms with Crippen molar-refractivity contribution in [2.24, 2.45) is 0 Å². The first kappa shape index (κ1) is 16.2. The molecule has 0 unspecified atom stereocenters. The monoisotopic (exact) mass is 271 g/mol. The molecule has 112 valence electrons. The second-order valence-electron chi connectivity index (χ2n) is 6.09. The van der Waals surface area contributed by atoms with E-state index < -0.39 is 0 Å². The molecular weight excluding hydrogens is 242 g/mol. The van der Waals surface area contributed by atoms with Crippen molar-refractivity contribution in [3.8, 4) is 0 Å². The molecular formula is C14H29N3O2. The lowest BCUT2D eigenvalue weighted by atomic mass is 10.0. The van der Waals surface area contributed by atoms with Crippen LogP contribution in [-0.4, -0.2) is 56.4 Å². The predicted molar refractivity (Wildman–Crippen MR) is 77.4 cm³/mol. The van der Waals surface area contributed by atoms with Crippen molar-refractivity contribution < 1.29 is 9.53 Å². The van der Waals surface area contributed by atoms with Gasteiger partial charge in [0.1, 0.15) is 0 Å². The maximum absolute atomic E-state index is 11.7.